The summed E-state index contributed by atoms with van der Waals surface area (Å²) < 4.78 is 1.33. The van der Waals surface area contributed by atoms with Crippen LogP contribution in [0.2, 0.25) is 0 Å². The van der Waals surface area contributed by atoms with Gasteiger partial charge in [0.15, 0.2) is 0 Å². The maximum absolute atomic E-state index is 4.81. The van der Waals surface area contributed by atoms with E-state index in [-0.39, 0.29) is 0 Å². The summed E-state index contributed by atoms with van der Waals surface area (Å²) in [6.45, 7) is 1.20. The molecule has 1 unspecified atom stereocenters. The third-order valence-corrected chi connectivity index (χ3v) is 5.48. The number of rotatable bonds is 3. The molecule has 94 valence electrons. The molecule has 18 heavy (non-hydrogen) atoms. The second kappa shape index (κ2) is 4.04. The van der Waals surface area contributed by atoms with Crippen molar-refractivity contribution in [2.24, 2.45) is 5.92 Å². The van der Waals surface area contributed by atoms with Crippen LogP contribution in [0.3, 0.4) is 0 Å². The van der Waals surface area contributed by atoms with E-state index in [2.05, 4.69) is 29.6 Å². The lowest BCUT2D eigenvalue weighted by atomic mass is 9.88. The Bertz CT molecular complexity index is 532. The summed E-state index contributed by atoms with van der Waals surface area (Å²) in [5, 5.41) is 5.11. The minimum absolute atomic E-state index is 0.383. The van der Waals surface area contributed by atoms with Crippen LogP contribution >= 0.6 is 11.3 Å². The van der Waals surface area contributed by atoms with E-state index in [4.69, 9.17) is 4.98 Å². The van der Waals surface area contributed by atoms with Gasteiger partial charge in [0, 0.05) is 12.0 Å². The molecule has 2 nitrogen and oxygen atoms in total. The largest absolute Gasteiger partial charge is 0.311 e. The molecule has 1 saturated carbocycles. The number of thiazole rings is 1. The van der Waals surface area contributed by atoms with E-state index in [1.54, 1.807) is 0 Å². The molecule has 4 rings (SSSR count). The van der Waals surface area contributed by atoms with Crippen LogP contribution in [-0.2, 0) is 6.42 Å². The van der Waals surface area contributed by atoms with Crippen LogP contribution in [-0.4, -0.2) is 17.1 Å². The van der Waals surface area contributed by atoms with E-state index in [1.165, 1.54) is 47.5 Å². The predicted octanol–water partition coefficient (Wildman–Crippen LogP) is 3.37. The van der Waals surface area contributed by atoms with Gasteiger partial charge < -0.3 is 5.32 Å². The Hall–Kier alpha value is -0.930. The van der Waals surface area contributed by atoms with Crippen molar-refractivity contribution in [3.63, 3.8) is 0 Å². The summed E-state index contributed by atoms with van der Waals surface area (Å²) in [6.07, 6.45) is 6.64. The second-order valence-electron chi connectivity index (χ2n) is 5.71. The molecule has 0 spiro atoms. The molecule has 1 saturated heterocycles. The summed E-state index contributed by atoms with van der Waals surface area (Å²) >= 11 is 1.88. The Balaban J connectivity index is 1.66. The Kier molecular flexibility index (Phi) is 2.45. The predicted molar refractivity (Wildman–Crippen MR) is 76.0 cm³/mol. The maximum Gasteiger partial charge on any atom is 0.0957 e. The third-order valence-electron chi connectivity index (χ3n) is 4.44. The molecular weight excluding hydrogens is 240 g/mol. The standard InChI is InChI=1S/C15H18N2S/c1-2-5-13-12(4-1)17-14(18-13)10-15(11-6-7-11)8-3-9-16-15/h1-2,4-5,11,16H,3,6-10H2. The lowest BCUT2D eigenvalue weighted by Crippen LogP contribution is -2.44. The van der Waals surface area contributed by atoms with Crippen molar-refractivity contribution in [1.82, 2.24) is 10.3 Å². The first-order valence-electron chi connectivity index (χ1n) is 6.95. The number of fused-ring (bicyclic) bond motifs is 1. The first-order valence-corrected chi connectivity index (χ1v) is 7.77. The molecule has 2 heterocycles. The quantitative estimate of drug-likeness (QED) is 0.913. The average molecular weight is 258 g/mol. The van der Waals surface area contributed by atoms with E-state index in [0.29, 0.717) is 5.54 Å². The van der Waals surface area contributed by atoms with Crippen molar-refractivity contribution in [2.45, 2.75) is 37.6 Å². The highest BCUT2D eigenvalue weighted by atomic mass is 32.1. The maximum atomic E-state index is 4.81. The van der Waals surface area contributed by atoms with E-state index in [0.717, 1.165) is 12.3 Å². The van der Waals surface area contributed by atoms with Crippen LogP contribution in [0.1, 0.15) is 30.7 Å². The fraction of sp³-hybridized carbons (Fsp3) is 0.533. The molecule has 1 aliphatic carbocycles. The van der Waals surface area contributed by atoms with Crippen LogP contribution in [0, 0.1) is 5.92 Å². The molecule has 1 aliphatic heterocycles. The van der Waals surface area contributed by atoms with Crippen molar-refractivity contribution in [3.8, 4) is 0 Å². The Morgan fingerprint density at radius 3 is 2.94 bits per heavy atom. The van der Waals surface area contributed by atoms with Crippen LogP contribution in [0.15, 0.2) is 24.3 Å². The van der Waals surface area contributed by atoms with Crippen molar-refractivity contribution < 1.29 is 0 Å². The first kappa shape index (κ1) is 10.9. The van der Waals surface area contributed by atoms with Crippen LogP contribution in [0.5, 0.6) is 0 Å². The molecule has 1 N–H and O–H groups in total. The topological polar surface area (TPSA) is 24.9 Å². The number of hydrogen-bond donors (Lipinski definition) is 1. The summed E-state index contributed by atoms with van der Waals surface area (Å²) in [5.41, 5.74) is 1.55. The monoisotopic (exact) mass is 258 g/mol. The van der Waals surface area contributed by atoms with Crippen molar-refractivity contribution in [1.29, 1.82) is 0 Å². The van der Waals surface area contributed by atoms with Gasteiger partial charge in [-0.15, -0.1) is 11.3 Å². The minimum Gasteiger partial charge on any atom is -0.311 e. The zero-order chi connectivity index (χ0) is 12.0. The molecule has 3 heteroatoms. The molecule has 1 aromatic carbocycles. The number of aromatic nitrogens is 1. The average Bonchev–Trinajstić information content (AvgIpc) is 3.01. The summed E-state index contributed by atoms with van der Waals surface area (Å²) in [7, 11) is 0. The van der Waals surface area contributed by atoms with E-state index in [9.17, 15) is 0 Å². The van der Waals surface area contributed by atoms with Crippen LogP contribution in [0.4, 0.5) is 0 Å². The minimum atomic E-state index is 0.383. The zero-order valence-electron chi connectivity index (χ0n) is 10.5. The first-order chi connectivity index (χ1) is 8.86. The van der Waals surface area contributed by atoms with E-state index >= 15 is 0 Å². The smallest absolute Gasteiger partial charge is 0.0957 e. The van der Waals surface area contributed by atoms with Gasteiger partial charge in [-0.05, 0) is 50.3 Å². The summed E-state index contributed by atoms with van der Waals surface area (Å²) in [6, 6.07) is 8.49. The van der Waals surface area contributed by atoms with E-state index in [1.807, 2.05) is 11.3 Å². The Morgan fingerprint density at radius 1 is 1.33 bits per heavy atom. The molecule has 0 amide bonds. The van der Waals surface area contributed by atoms with Gasteiger partial charge in [0.2, 0.25) is 0 Å². The fourth-order valence-electron chi connectivity index (χ4n) is 3.37. The highest BCUT2D eigenvalue weighted by Gasteiger charge is 2.47. The molecule has 2 aromatic rings. The van der Waals surface area contributed by atoms with Gasteiger partial charge >= 0.3 is 0 Å². The number of nitrogens with zero attached hydrogens (tertiary/aromatic N) is 1. The van der Waals surface area contributed by atoms with Gasteiger partial charge in [0.05, 0.1) is 15.2 Å². The third kappa shape index (κ3) is 1.77. The number of para-hydroxylation sites is 1. The van der Waals surface area contributed by atoms with Gasteiger partial charge in [-0.25, -0.2) is 4.98 Å². The molecule has 2 aliphatic rings. The van der Waals surface area contributed by atoms with Gasteiger partial charge in [-0.1, -0.05) is 12.1 Å². The van der Waals surface area contributed by atoms with Crippen molar-refractivity contribution in [2.75, 3.05) is 6.54 Å². The normalized spacial score (nSPS) is 28.0. The van der Waals surface area contributed by atoms with Crippen molar-refractivity contribution in [3.05, 3.63) is 29.3 Å². The summed E-state index contributed by atoms with van der Waals surface area (Å²) in [4.78, 5) is 4.81. The van der Waals surface area contributed by atoms with Crippen LogP contribution in [0.25, 0.3) is 10.2 Å². The van der Waals surface area contributed by atoms with Gasteiger partial charge in [0.1, 0.15) is 0 Å². The molecule has 1 atom stereocenters. The highest BCUT2D eigenvalue weighted by Crippen LogP contribution is 2.46. The molecule has 0 radical (unpaired) electrons. The summed E-state index contributed by atoms with van der Waals surface area (Å²) in [5.74, 6) is 0.909. The molecular formula is C15H18N2S. The van der Waals surface area contributed by atoms with Crippen LogP contribution < -0.4 is 5.32 Å². The van der Waals surface area contributed by atoms with Gasteiger partial charge in [-0.2, -0.15) is 0 Å². The van der Waals surface area contributed by atoms with Gasteiger partial charge in [0.25, 0.3) is 0 Å². The lowest BCUT2D eigenvalue weighted by molar-refractivity contribution is 0.323. The molecule has 2 fully saturated rings. The lowest BCUT2D eigenvalue weighted by Gasteiger charge is -2.28. The SMILES string of the molecule is c1ccc2sc(CC3(C4CC4)CCCN3)nc2c1. The zero-order valence-corrected chi connectivity index (χ0v) is 11.3. The molecule has 0 bridgehead atoms. The Labute approximate surface area is 111 Å². The van der Waals surface area contributed by atoms with Crippen molar-refractivity contribution >= 4 is 21.6 Å². The highest BCUT2D eigenvalue weighted by molar-refractivity contribution is 7.18. The number of benzene rings is 1. The van der Waals surface area contributed by atoms with E-state index < -0.39 is 0 Å². The number of nitrogens with one attached hydrogen (secondary N) is 1. The second-order valence-corrected chi connectivity index (χ2v) is 6.83. The number of hydrogen-bond acceptors (Lipinski definition) is 3. The van der Waals surface area contributed by atoms with Gasteiger partial charge in [-0.3, -0.25) is 0 Å². The molecule has 1 aromatic heterocycles. The Morgan fingerprint density at radius 2 is 2.22 bits per heavy atom. The fourth-order valence-corrected chi connectivity index (χ4v) is 4.47.